The van der Waals surface area contributed by atoms with Crippen molar-refractivity contribution in [3.8, 4) is 22.3 Å². The smallest absolute Gasteiger partial charge is 0.0776 e. The lowest BCUT2D eigenvalue weighted by Gasteiger charge is -2.30. The molecule has 0 spiro atoms. The third kappa shape index (κ3) is 6.57. The van der Waals surface area contributed by atoms with Crippen molar-refractivity contribution < 1.29 is 0 Å². The highest BCUT2D eigenvalue weighted by Crippen LogP contribution is 2.49. The summed E-state index contributed by atoms with van der Waals surface area (Å²) in [6.07, 6.45) is 3.18. The van der Waals surface area contributed by atoms with Gasteiger partial charge in [-0.2, -0.15) is 0 Å². The predicted octanol–water partition coefficient (Wildman–Crippen LogP) is 17.3. The van der Waals surface area contributed by atoms with Gasteiger partial charge in [0.2, 0.25) is 0 Å². The van der Waals surface area contributed by atoms with E-state index < -0.39 is 0 Å². The number of nitrogens with zero attached hydrogens (tertiary/aromatic N) is 1. The lowest BCUT2D eigenvalue weighted by atomic mass is 9.73. The highest BCUT2D eigenvalue weighted by molar-refractivity contribution is 6.19. The van der Waals surface area contributed by atoms with Crippen LogP contribution in [0.1, 0.15) is 46.2 Å². The van der Waals surface area contributed by atoms with Crippen LogP contribution in [0.2, 0.25) is 0 Å². The summed E-state index contributed by atoms with van der Waals surface area (Å²) in [5, 5.41) is 12.5. The average Bonchev–Trinajstić information content (AvgIpc) is 3.52. The van der Waals surface area contributed by atoms with E-state index in [1.165, 1.54) is 92.8 Å². The number of hydrogen-bond acceptors (Lipinski definition) is 1. The molecule has 0 bridgehead atoms. The molecule has 0 saturated heterocycles. The van der Waals surface area contributed by atoms with Gasteiger partial charge in [0.15, 0.2) is 0 Å². The van der Waals surface area contributed by atoms with E-state index in [0.717, 1.165) is 51.2 Å². The van der Waals surface area contributed by atoms with Crippen molar-refractivity contribution in [2.75, 3.05) is 0 Å². The summed E-state index contributed by atoms with van der Waals surface area (Å²) in [6.45, 7) is 6.79. The first kappa shape index (κ1) is 39.0. The van der Waals surface area contributed by atoms with Crippen LogP contribution in [0, 0.1) is 0 Å². The van der Waals surface area contributed by atoms with Gasteiger partial charge in [-0.15, -0.1) is 0 Å². The second-order valence-corrected chi connectivity index (χ2v) is 18.3. The molecule has 0 radical (unpaired) electrons. The van der Waals surface area contributed by atoms with E-state index in [2.05, 4.69) is 238 Å². The number of rotatable bonds is 5. The summed E-state index contributed by atoms with van der Waals surface area (Å²) in [7, 11) is 0. The van der Waals surface area contributed by atoms with Crippen molar-refractivity contribution in [3.63, 3.8) is 0 Å². The minimum atomic E-state index is 0.282. The fraction of sp³-hybridized carbons (Fsp3) is 0.0455. The van der Waals surface area contributed by atoms with E-state index in [0.29, 0.717) is 0 Å². The molecule has 67 heavy (non-hydrogen) atoms. The molecule has 314 valence electrons. The summed E-state index contributed by atoms with van der Waals surface area (Å²) in [5.41, 5.74) is 17.7. The highest BCUT2D eigenvalue weighted by atomic mass is 14.8. The standard InChI is InChI=1S/C66H45N/c1-41-33-59(50-28-25-43-15-9-10-21-47(43)34-50)42(2)66(67-65(41)46-19-7-4-8-20-46)52-30-27-48-35-51(29-26-49(48)36-52)61-38-53-37-54-39-60(44-16-5-3-6-17-44)58-32-31-45-18-11-12-22-55(45)64(58)63(54)40-62(53)57-24-14-13-23-56(57)61/h3-38,40,60H,1,39H2,2H3. The second kappa shape index (κ2) is 15.7. The van der Waals surface area contributed by atoms with Gasteiger partial charge in [-0.05, 0) is 165 Å². The SMILES string of the molecule is C=C1C=C(c2ccc3ccccc3c2)C(C)=C(c2ccc3cc(-c4cc5cc6c(cc5c5ccccc45)-c4c(ccc5ccccc45)C(c4ccccc4)C6)ccc3c2)N=C1c1ccccc1. The lowest BCUT2D eigenvalue weighted by molar-refractivity contribution is 0.797. The maximum absolute atomic E-state index is 5.48. The zero-order valence-corrected chi connectivity index (χ0v) is 37.3. The van der Waals surface area contributed by atoms with Crippen molar-refractivity contribution in [1.82, 2.24) is 0 Å². The van der Waals surface area contributed by atoms with Crippen LogP contribution in [0.25, 0.3) is 87.4 Å². The maximum Gasteiger partial charge on any atom is 0.0776 e. The Labute approximate surface area is 391 Å². The molecule has 0 fully saturated rings. The second-order valence-electron chi connectivity index (χ2n) is 18.3. The molecule has 1 nitrogen and oxygen atoms in total. The minimum Gasteiger partial charge on any atom is -0.247 e. The molecule has 2 aliphatic rings. The lowest BCUT2D eigenvalue weighted by Crippen LogP contribution is -2.13. The molecule has 0 aromatic heterocycles. The van der Waals surface area contributed by atoms with E-state index in [1.807, 2.05) is 0 Å². The van der Waals surface area contributed by atoms with E-state index >= 15 is 0 Å². The van der Waals surface area contributed by atoms with Crippen LogP contribution in [0.5, 0.6) is 0 Å². The van der Waals surface area contributed by atoms with Crippen molar-refractivity contribution >= 4 is 70.8 Å². The van der Waals surface area contributed by atoms with Crippen LogP contribution in [-0.2, 0) is 6.42 Å². The van der Waals surface area contributed by atoms with Crippen molar-refractivity contribution in [1.29, 1.82) is 0 Å². The summed E-state index contributed by atoms with van der Waals surface area (Å²) in [4.78, 5) is 5.48. The van der Waals surface area contributed by atoms with E-state index in [9.17, 15) is 0 Å². The van der Waals surface area contributed by atoms with Crippen molar-refractivity contribution in [2.24, 2.45) is 4.99 Å². The predicted molar refractivity (Wildman–Crippen MR) is 286 cm³/mol. The quantitative estimate of drug-likeness (QED) is 0.153. The number of aliphatic imine (C=N–C) groups is 1. The van der Waals surface area contributed by atoms with Gasteiger partial charge >= 0.3 is 0 Å². The number of allylic oxidation sites excluding steroid dienone is 4. The molecule has 1 aliphatic carbocycles. The molecule has 0 N–H and O–H groups in total. The Balaban J connectivity index is 0.941. The maximum atomic E-state index is 5.48. The van der Waals surface area contributed by atoms with Gasteiger partial charge < -0.3 is 0 Å². The topological polar surface area (TPSA) is 12.4 Å². The molecule has 0 amide bonds. The Hall–Kier alpha value is -8.39. The normalized spacial score (nSPS) is 14.9. The molecule has 1 heterocycles. The van der Waals surface area contributed by atoms with Crippen molar-refractivity contribution in [3.05, 3.63) is 276 Å². The van der Waals surface area contributed by atoms with Crippen LogP contribution < -0.4 is 0 Å². The van der Waals surface area contributed by atoms with Gasteiger partial charge in [-0.25, -0.2) is 4.99 Å². The van der Waals surface area contributed by atoms with Crippen LogP contribution in [-0.4, -0.2) is 5.71 Å². The van der Waals surface area contributed by atoms with E-state index in [-0.39, 0.29) is 5.92 Å². The van der Waals surface area contributed by atoms with Gasteiger partial charge in [0.05, 0.1) is 11.4 Å². The number of hydrogen-bond donors (Lipinski definition) is 0. The van der Waals surface area contributed by atoms with Gasteiger partial charge in [0.1, 0.15) is 0 Å². The molecule has 11 aromatic rings. The van der Waals surface area contributed by atoms with E-state index in [4.69, 9.17) is 4.99 Å². The summed E-state index contributed by atoms with van der Waals surface area (Å²) in [6, 6.07) is 80.6. The molecule has 11 aromatic carbocycles. The van der Waals surface area contributed by atoms with Crippen LogP contribution in [0.15, 0.2) is 247 Å². The molecule has 13 rings (SSSR count). The summed E-state index contributed by atoms with van der Waals surface area (Å²) < 4.78 is 0. The number of fused-ring (bicyclic) bond motifs is 10. The van der Waals surface area contributed by atoms with Crippen LogP contribution >= 0.6 is 0 Å². The largest absolute Gasteiger partial charge is 0.247 e. The Kier molecular flexibility index (Phi) is 9.11. The molecule has 1 aliphatic heterocycles. The van der Waals surface area contributed by atoms with Gasteiger partial charge in [-0.1, -0.05) is 195 Å². The Bertz CT molecular complexity index is 3960. The summed E-state index contributed by atoms with van der Waals surface area (Å²) >= 11 is 0. The first-order valence-corrected chi connectivity index (χ1v) is 23.4. The monoisotopic (exact) mass is 851 g/mol. The fourth-order valence-corrected chi connectivity index (χ4v) is 11.1. The minimum absolute atomic E-state index is 0.282. The van der Waals surface area contributed by atoms with Gasteiger partial charge in [-0.3, -0.25) is 0 Å². The molecule has 0 saturated carbocycles. The Morgan fingerprint density at radius 1 is 0.433 bits per heavy atom. The zero-order valence-electron chi connectivity index (χ0n) is 37.3. The molecule has 1 heteroatoms. The first-order valence-electron chi connectivity index (χ1n) is 23.4. The third-order valence-electron chi connectivity index (χ3n) is 14.5. The van der Waals surface area contributed by atoms with Crippen molar-refractivity contribution in [2.45, 2.75) is 19.3 Å². The van der Waals surface area contributed by atoms with Crippen LogP contribution in [0.3, 0.4) is 0 Å². The first-order chi connectivity index (χ1) is 33.0. The Morgan fingerprint density at radius 2 is 1.03 bits per heavy atom. The summed E-state index contributed by atoms with van der Waals surface area (Å²) in [5.74, 6) is 0.282. The zero-order chi connectivity index (χ0) is 44.6. The molecule has 1 unspecified atom stereocenters. The number of benzene rings is 11. The average molecular weight is 852 g/mol. The Morgan fingerprint density at radius 3 is 1.84 bits per heavy atom. The van der Waals surface area contributed by atoms with Crippen LogP contribution in [0.4, 0.5) is 0 Å². The highest BCUT2D eigenvalue weighted by Gasteiger charge is 2.29. The van der Waals surface area contributed by atoms with Gasteiger partial charge in [0.25, 0.3) is 0 Å². The van der Waals surface area contributed by atoms with Gasteiger partial charge in [0, 0.05) is 17.0 Å². The molecular formula is C66H45N. The third-order valence-corrected chi connectivity index (χ3v) is 14.5. The fourth-order valence-electron chi connectivity index (χ4n) is 11.1. The van der Waals surface area contributed by atoms with E-state index in [1.54, 1.807) is 0 Å². The molecule has 1 atom stereocenters. The molecular weight excluding hydrogens is 807 g/mol.